The number of hydrogen-bond donors (Lipinski definition) is 0. The van der Waals surface area contributed by atoms with E-state index in [1.807, 2.05) is 19.1 Å². The zero-order valence-electron chi connectivity index (χ0n) is 16.9. The van der Waals surface area contributed by atoms with E-state index in [2.05, 4.69) is 9.97 Å². The van der Waals surface area contributed by atoms with Crippen molar-refractivity contribution in [2.45, 2.75) is 25.2 Å². The Morgan fingerprint density at radius 3 is 2.27 bits per heavy atom. The van der Waals surface area contributed by atoms with Crippen LogP contribution in [-0.4, -0.2) is 30.4 Å². The maximum atomic E-state index is 13.6. The summed E-state index contributed by atoms with van der Waals surface area (Å²) in [6.45, 7) is 3.44. The molecule has 30 heavy (non-hydrogen) atoms. The van der Waals surface area contributed by atoms with Gasteiger partial charge in [-0.2, -0.15) is 0 Å². The number of pyridine rings is 2. The van der Waals surface area contributed by atoms with Crippen molar-refractivity contribution >= 4 is 21.2 Å². The van der Waals surface area contributed by atoms with Gasteiger partial charge < -0.3 is 0 Å². The molecule has 0 N–H and O–H groups in total. The maximum absolute atomic E-state index is 13.6. The summed E-state index contributed by atoms with van der Waals surface area (Å²) in [4.78, 5) is 20.9. The van der Waals surface area contributed by atoms with Crippen LogP contribution in [0.2, 0.25) is 0 Å². The molecule has 2 aromatic heterocycles. The Kier molecular flexibility index (Phi) is 6.22. The number of nitrogens with zero attached hydrogens (tertiary/aromatic N) is 2. The molecule has 3 rings (SSSR count). The molecule has 0 bridgehead atoms. The summed E-state index contributed by atoms with van der Waals surface area (Å²) >= 11 is 0. The van der Waals surface area contributed by atoms with Gasteiger partial charge in [-0.25, -0.2) is 12.8 Å². The second-order valence-corrected chi connectivity index (χ2v) is 8.95. The quantitative estimate of drug-likeness (QED) is 0.554. The summed E-state index contributed by atoms with van der Waals surface area (Å²) in [5, 5.41) is 0. The molecule has 0 atom stereocenters. The van der Waals surface area contributed by atoms with Crippen LogP contribution in [0.25, 0.3) is 5.57 Å². The lowest BCUT2D eigenvalue weighted by atomic mass is 9.98. The van der Waals surface area contributed by atoms with Crippen molar-refractivity contribution in [3.63, 3.8) is 0 Å². The van der Waals surface area contributed by atoms with E-state index in [4.69, 9.17) is 0 Å². The predicted molar refractivity (Wildman–Crippen MR) is 114 cm³/mol. The monoisotopic (exact) mass is 424 g/mol. The molecule has 1 aromatic carbocycles. The topological polar surface area (TPSA) is 77.0 Å². The van der Waals surface area contributed by atoms with E-state index in [0.717, 1.165) is 22.9 Å². The lowest BCUT2D eigenvalue weighted by Gasteiger charge is -2.10. The van der Waals surface area contributed by atoms with Crippen molar-refractivity contribution in [3.05, 3.63) is 94.8 Å². The van der Waals surface area contributed by atoms with Gasteiger partial charge in [0.1, 0.15) is 5.82 Å². The van der Waals surface area contributed by atoms with Gasteiger partial charge in [-0.15, -0.1) is 0 Å². The molecule has 0 radical (unpaired) electrons. The number of rotatable bonds is 6. The van der Waals surface area contributed by atoms with Crippen LogP contribution in [0.3, 0.4) is 0 Å². The lowest BCUT2D eigenvalue weighted by Crippen LogP contribution is -2.09. The number of benzene rings is 1. The Balaban J connectivity index is 1.80. The van der Waals surface area contributed by atoms with Gasteiger partial charge in [0.05, 0.1) is 17.5 Å². The molecule has 5 nitrogen and oxygen atoms in total. The van der Waals surface area contributed by atoms with Gasteiger partial charge in [0, 0.05) is 35.5 Å². The van der Waals surface area contributed by atoms with Crippen LogP contribution in [0, 0.1) is 12.7 Å². The van der Waals surface area contributed by atoms with Gasteiger partial charge in [0.25, 0.3) is 0 Å². The maximum Gasteiger partial charge on any atom is 0.175 e. The first-order chi connectivity index (χ1) is 14.2. The van der Waals surface area contributed by atoms with Crippen LogP contribution >= 0.6 is 0 Å². The molecule has 0 aliphatic carbocycles. The fraction of sp³-hybridized carbons (Fsp3) is 0.174. The summed E-state index contributed by atoms with van der Waals surface area (Å²) in [5.74, 6) is -0.758. The molecule has 0 saturated heterocycles. The number of carbonyl (C=O) groups excluding carboxylic acids is 1. The number of allylic oxidation sites excluding steroid dienone is 1. The van der Waals surface area contributed by atoms with Gasteiger partial charge in [-0.05, 0) is 48.7 Å². The number of ketones is 1. The Hall–Kier alpha value is -3.19. The van der Waals surface area contributed by atoms with E-state index in [-0.39, 0.29) is 28.2 Å². The van der Waals surface area contributed by atoms with Crippen LogP contribution in [0.5, 0.6) is 0 Å². The number of sulfone groups is 1. The first kappa shape index (κ1) is 21.5. The van der Waals surface area contributed by atoms with Crippen LogP contribution in [-0.2, 0) is 16.3 Å². The average molecular weight is 424 g/mol. The third kappa shape index (κ3) is 4.68. The highest BCUT2D eigenvalue weighted by Gasteiger charge is 2.14. The molecule has 2 heterocycles. The number of hydrogen-bond acceptors (Lipinski definition) is 5. The minimum absolute atomic E-state index is 0.0421. The van der Waals surface area contributed by atoms with Gasteiger partial charge in [0.2, 0.25) is 0 Å². The highest BCUT2D eigenvalue weighted by atomic mass is 32.2. The number of carbonyl (C=O) groups is 1. The van der Waals surface area contributed by atoms with Gasteiger partial charge in [-0.1, -0.05) is 24.3 Å². The minimum Gasteiger partial charge on any atom is -0.294 e. The Morgan fingerprint density at radius 2 is 1.70 bits per heavy atom. The molecular formula is C23H21FN2O3S. The molecule has 0 spiro atoms. The standard InChI is InChI=1S/C23H21FN2O3S/c1-4-20(16-6-9-19(10-7-16)30(3,28)29)17-5-8-18(26-12-17)11-23(27)21-13-25-14-22(24)15(21)2/h4-10,12-14H,11H2,1-3H3/b20-4-. The summed E-state index contributed by atoms with van der Waals surface area (Å²) in [7, 11) is -3.25. The van der Waals surface area contributed by atoms with E-state index in [0.29, 0.717) is 5.69 Å². The van der Waals surface area contributed by atoms with Gasteiger partial charge in [-0.3, -0.25) is 14.8 Å². The molecule has 0 aliphatic rings. The molecule has 0 unspecified atom stereocenters. The first-order valence-corrected chi connectivity index (χ1v) is 11.1. The summed E-state index contributed by atoms with van der Waals surface area (Å²) in [5.41, 5.74) is 3.68. The van der Waals surface area contributed by atoms with Gasteiger partial charge >= 0.3 is 0 Å². The number of halogens is 1. The van der Waals surface area contributed by atoms with Crippen molar-refractivity contribution in [3.8, 4) is 0 Å². The molecule has 0 saturated carbocycles. The lowest BCUT2D eigenvalue weighted by molar-refractivity contribution is 0.0990. The van der Waals surface area contributed by atoms with Crippen molar-refractivity contribution in [2.24, 2.45) is 0 Å². The van der Waals surface area contributed by atoms with E-state index in [1.54, 1.807) is 43.5 Å². The van der Waals surface area contributed by atoms with Crippen molar-refractivity contribution in [1.82, 2.24) is 9.97 Å². The molecule has 0 aliphatic heterocycles. The molecular weight excluding hydrogens is 403 g/mol. The third-order valence-electron chi connectivity index (χ3n) is 4.81. The Labute approximate surface area is 175 Å². The third-order valence-corrected chi connectivity index (χ3v) is 5.94. The fourth-order valence-electron chi connectivity index (χ4n) is 3.11. The van der Waals surface area contributed by atoms with E-state index in [1.165, 1.54) is 12.5 Å². The number of Topliss-reactive ketones (excluding diaryl/α,β-unsaturated/α-hetero) is 1. The largest absolute Gasteiger partial charge is 0.294 e. The zero-order valence-corrected chi connectivity index (χ0v) is 17.7. The second-order valence-electron chi connectivity index (χ2n) is 6.93. The van der Waals surface area contributed by atoms with Crippen LogP contribution < -0.4 is 0 Å². The van der Waals surface area contributed by atoms with Gasteiger partial charge in [0.15, 0.2) is 15.6 Å². The molecule has 7 heteroatoms. The Morgan fingerprint density at radius 1 is 1.03 bits per heavy atom. The first-order valence-electron chi connectivity index (χ1n) is 9.26. The summed E-state index contributed by atoms with van der Waals surface area (Å²) < 4.78 is 36.9. The molecule has 0 amide bonds. The smallest absolute Gasteiger partial charge is 0.175 e. The van der Waals surface area contributed by atoms with Crippen molar-refractivity contribution in [1.29, 1.82) is 0 Å². The highest BCUT2D eigenvalue weighted by molar-refractivity contribution is 7.90. The summed E-state index contributed by atoms with van der Waals surface area (Å²) in [6.07, 6.45) is 7.25. The fourth-order valence-corrected chi connectivity index (χ4v) is 3.74. The molecule has 3 aromatic rings. The van der Waals surface area contributed by atoms with E-state index < -0.39 is 15.7 Å². The summed E-state index contributed by atoms with van der Waals surface area (Å²) in [6, 6.07) is 10.3. The second kappa shape index (κ2) is 8.67. The Bertz CT molecular complexity index is 1220. The SMILES string of the molecule is C/C=C(/c1ccc(S(C)(=O)=O)cc1)c1ccc(CC(=O)c2cncc(F)c2C)nc1. The predicted octanol–water partition coefficient (Wildman–Crippen LogP) is 4.20. The minimum atomic E-state index is -3.25. The van der Waals surface area contributed by atoms with Crippen LogP contribution in [0.1, 0.15) is 39.7 Å². The van der Waals surface area contributed by atoms with E-state index >= 15 is 0 Å². The molecule has 154 valence electrons. The normalized spacial score (nSPS) is 12.1. The molecule has 0 fully saturated rings. The van der Waals surface area contributed by atoms with Crippen LogP contribution in [0.4, 0.5) is 4.39 Å². The average Bonchev–Trinajstić information content (AvgIpc) is 2.71. The van der Waals surface area contributed by atoms with Crippen molar-refractivity contribution < 1.29 is 17.6 Å². The number of aromatic nitrogens is 2. The van der Waals surface area contributed by atoms with E-state index in [9.17, 15) is 17.6 Å². The zero-order chi connectivity index (χ0) is 21.9. The van der Waals surface area contributed by atoms with Crippen molar-refractivity contribution in [2.75, 3.05) is 6.26 Å². The van der Waals surface area contributed by atoms with Crippen LogP contribution in [0.15, 0.2) is 66.0 Å². The highest BCUT2D eigenvalue weighted by Crippen LogP contribution is 2.24.